The molecule has 0 aliphatic carbocycles. The summed E-state index contributed by atoms with van der Waals surface area (Å²) in [5, 5.41) is 10.4. The van der Waals surface area contributed by atoms with Crippen LogP contribution >= 0.6 is 11.3 Å². The number of rotatable bonds is 4. The fourth-order valence-electron chi connectivity index (χ4n) is 3.19. The van der Waals surface area contributed by atoms with Crippen LogP contribution < -0.4 is 15.2 Å². The third-order valence-electron chi connectivity index (χ3n) is 4.85. The maximum absolute atomic E-state index is 14.4. The molecule has 3 N–H and O–H groups in total. The molecule has 0 spiro atoms. The molecule has 0 bridgehead atoms. The molecule has 4 rings (SSSR count). The van der Waals surface area contributed by atoms with E-state index in [1.807, 2.05) is 0 Å². The highest BCUT2D eigenvalue weighted by Gasteiger charge is 2.43. The lowest BCUT2D eigenvalue weighted by Crippen LogP contribution is -2.50. The number of hydrogen-bond acceptors (Lipinski definition) is 6. The Bertz CT molecular complexity index is 1270. The molecule has 1 aliphatic rings. The number of aliphatic hydroxyl groups is 1. The van der Waals surface area contributed by atoms with Crippen LogP contribution in [-0.2, 0) is 10.0 Å². The molecule has 2 aromatic heterocycles. The number of piperidine rings is 1. The lowest BCUT2D eigenvalue weighted by molar-refractivity contribution is -0.117. The van der Waals surface area contributed by atoms with E-state index in [4.69, 9.17) is 0 Å². The number of benzene rings is 1. The fourth-order valence-corrected chi connectivity index (χ4v) is 5.58. The number of aliphatic hydroxyl groups excluding tert-OH is 1. The number of aromatic amines is 1. The van der Waals surface area contributed by atoms with Crippen molar-refractivity contribution in [2.75, 3.05) is 22.7 Å². The molecule has 3 aromatic rings. The van der Waals surface area contributed by atoms with E-state index in [9.17, 15) is 31.5 Å². The van der Waals surface area contributed by atoms with Crippen molar-refractivity contribution in [1.29, 1.82) is 0 Å². The molecule has 1 aliphatic heterocycles. The number of fused-ring (bicyclic) bond motifs is 1. The van der Waals surface area contributed by atoms with Crippen molar-refractivity contribution in [2.24, 2.45) is 0 Å². The van der Waals surface area contributed by atoms with E-state index in [1.54, 1.807) is 0 Å². The van der Waals surface area contributed by atoms with Crippen LogP contribution in [0.1, 0.15) is 6.42 Å². The van der Waals surface area contributed by atoms with E-state index < -0.39 is 39.8 Å². The van der Waals surface area contributed by atoms with Crippen LogP contribution in [0.25, 0.3) is 10.8 Å². The van der Waals surface area contributed by atoms with E-state index in [0.29, 0.717) is 10.4 Å². The fraction of sp³-hybridized carbons (Fsp3) is 0.278. The van der Waals surface area contributed by atoms with Crippen molar-refractivity contribution >= 4 is 42.8 Å². The van der Waals surface area contributed by atoms with E-state index in [2.05, 4.69) is 9.71 Å². The molecule has 1 saturated heterocycles. The van der Waals surface area contributed by atoms with Crippen LogP contribution in [0.5, 0.6) is 0 Å². The van der Waals surface area contributed by atoms with Crippen molar-refractivity contribution in [3.63, 3.8) is 0 Å². The van der Waals surface area contributed by atoms with Gasteiger partial charge in [-0.3, -0.25) is 9.52 Å². The van der Waals surface area contributed by atoms with Gasteiger partial charge in [0.1, 0.15) is 16.1 Å². The zero-order valence-electron chi connectivity index (χ0n) is 15.2. The lowest BCUT2D eigenvalue weighted by Gasteiger charge is -2.36. The minimum Gasteiger partial charge on any atom is -0.385 e. The summed E-state index contributed by atoms with van der Waals surface area (Å²) in [6.07, 6.45) is -1.05. The van der Waals surface area contributed by atoms with Gasteiger partial charge < -0.3 is 15.0 Å². The summed E-state index contributed by atoms with van der Waals surface area (Å²) in [4.78, 5) is 15.8. The van der Waals surface area contributed by atoms with E-state index >= 15 is 0 Å². The standard InChI is InChI=1S/C18H16F3N3O4S2/c19-12-7-10-3-5-22-17(26)11(10)8-13(12)23-30(27,28)16-2-1-15(29-16)24-6-4-18(20,21)14(25)9-24/h1-3,5,7-8,14,23,25H,4,6,9H2,(H,22,26)/t14-/m0/s1. The first kappa shape index (κ1) is 20.7. The minimum absolute atomic E-state index is 0.0421. The van der Waals surface area contributed by atoms with Crippen LogP contribution in [0.3, 0.4) is 0 Å². The second-order valence-corrected chi connectivity index (χ2v) is 9.87. The first-order chi connectivity index (χ1) is 14.1. The summed E-state index contributed by atoms with van der Waals surface area (Å²) in [5.41, 5.74) is -0.881. The van der Waals surface area contributed by atoms with Gasteiger partial charge in [0, 0.05) is 24.5 Å². The Labute approximate surface area is 172 Å². The van der Waals surface area contributed by atoms with Gasteiger partial charge >= 0.3 is 0 Å². The maximum Gasteiger partial charge on any atom is 0.276 e. The van der Waals surface area contributed by atoms with Gasteiger partial charge in [-0.15, -0.1) is 11.3 Å². The van der Waals surface area contributed by atoms with Crippen molar-refractivity contribution in [3.8, 4) is 0 Å². The molecule has 160 valence electrons. The Kier molecular flexibility index (Phi) is 5.03. The van der Waals surface area contributed by atoms with Gasteiger partial charge in [-0.05, 0) is 35.7 Å². The topological polar surface area (TPSA) is 102 Å². The number of nitrogens with zero attached hydrogens (tertiary/aromatic N) is 1. The first-order valence-corrected chi connectivity index (χ1v) is 11.1. The molecule has 0 unspecified atom stereocenters. The Balaban J connectivity index is 1.60. The number of β-amino-alcohol motifs (C(OH)–C–C–N with tert-alkyl or cyclic N) is 1. The number of aromatic nitrogens is 1. The SMILES string of the molecule is O=c1[nH]ccc2cc(F)c(NS(=O)(=O)c3ccc(N4CCC(F)(F)[C@@H](O)C4)s3)cc12. The van der Waals surface area contributed by atoms with Gasteiger partial charge in [-0.25, -0.2) is 21.6 Å². The van der Waals surface area contributed by atoms with Crippen molar-refractivity contribution in [2.45, 2.75) is 22.7 Å². The number of halogens is 3. The van der Waals surface area contributed by atoms with Crippen LogP contribution in [-0.4, -0.2) is 43.6 Å². The van der Waals surface area contributed by atoms with E-state index in [1.165, 1.54) is 29.3 Å². The van der Waals surface area contributed by atoms with Gasteiger partial charge in [0.05, 0.1) is 17.2 Å². The molecule has 3 heterocycles. The molecular formula is C18H16F3N3O4S2. The molecule has 12 heteroatoms. The van der Waals surface area contributed by atoms with Crippen LogP contribution in [0.2, 0.25) is 0 Å². The summed E-state index contributed by atoms with van der Waals surface area (Å²) in [7, 11) is -4.19. The molecule has 0 amide bonds. The second kappa shape index (κ2) is 7.29. The quantitative estimate of drug-likeness (QED) is 0.557. The Morgan fingerprint density at radius 3 is 2.77 bits per heavy atom. The minimum atomic E-state index is -4.19. The smallest absolute Gasteiger partial charge is 0.276 e. The highest BCUT2D eigenvalue weighted by molar-refractivity contribution is 7.94. The number of sulfonamides is 1. The van der Waals surface area contributed by atoms with Crippen molar-refractivity contribution < 1.29 is 26.7 Å². The normalized spacial score (nSPS) is 19.2. The average molecular weight is 459 g/mol. The molecule has 1 atom stereocenters. The number of thiophene rings is 1. The predicted octanol–water partition coefficient (Wildman–Crippen LogP) is 2.74. The summed E-state index contributed by atoms with van der Waals surface area (Å²) in [5.74, 6) is -4.04. The summed E-state index contributed by atoms with van der Waals surface area (Å²) in [6, 6.07) is 6.36. The Hall–Kier alpha value is -2.57. The molecule has 0 saturated carbocycles. The molecular weight excluding hydrogens is 443 g/mol. The summed E-state index contributed by atoms with van der Waals surface area (Å²) in [6.45, 7) is -0.373. The monoisotopic (exact) mass is 459 g/mol. The number of anilines is 2. The molecule has 0 radical (unpaired) electrons. The largest absolute Gasteiger partial charge is 0.385 e. The van der Waals surface area contributed by atoms with Gasteiger partial charge in [0.15, 0.2) is 0 Å². The Morgan fingerprint density at radius 2 is 2.03 bits per heavy atom. The lowest BCUT2D eigenvalue weighted by atomic mass is 10.0. The van der Waals surface area contributed by atoms with Crippen molar-refractivity contribution in [1.82, 2.24) is 4.98 Å². The number of hydrogen-bond donors (Lipinski definition) is 3. The molecule has 7 nitrogen and oxygen atoms in total. The maximum atomic E-state index is 14.4. The van der Waals surface area contributed by atoms with Crippen LogP contribution in [0, 0.1) is 5.82 Å². The molecule has 1 fully saturated rings. The van der Waals surface area contributed by atoms with Gasteiger partial charge in [0.25, 0.3) is 21.5 Å². The zero-order valence-corrected chi connectivity index (χ0v) is 16.9. The van der Waals surface area contributed by atoms with Crippen LogP contribution in [0.4, 0.5) is 23.9 Å². The number of pyridine rings is 1. The number of H-pyrrole nitrogens is 1. The summed E-state index contributed by atoms with van der Waals surface area (Å²) < 4.78 is 68.7. The Morgan fingerprint density at radius 1 is 1.27 bits per heavy atom. The highest BCUT2D eigenvalue weighted by atomic mass is 32.2. The third kappa shape index (κ3) is 3.77. The number of alkyl halides is 2. The van der Waals surface area contributed by atoms with Crippen LogP contribution in [0.15, 0.2) is 45.5 Å². The van der Waals surface area contributed by atoms with Gasteiger partial charge in [-0.1, -0.05) is 0 Å². The van der Waals surface area contributed by atoms with E-state index in [0.717, 1.165) is 23.5 Å². The van der Waals surface area contributed by atoms with Crippen molar-refractivity contribution in [3.05, 3.63) is 52.7 Å². The van der Waals surface area contributed by atoms with Gasteiger partial charge in [0.2, 0.25) is 0 Å². The second-order valence-electron chi connectivity index (χ2n) is 6.90. The third-order valence-corrected chi connectivity index (χ3v) is 7.85. The number of nitrogens with one attached hydrogen (secondary N) is 2. The molecule has 30 heavy (non-hydrogen) atoms. The average Bonchev–Trinajstić information content (AvgIpc) is 3.16. The van der Waals surface area contributed by atoms with E-state index in [-0.39, 0.29) is 28.4 Å². The summed E-state index contributed by atoms with van der Waals surface area (Å²) >= 11 is 0.810. The zero-order chi connectivity index (χ0) is 21.7. The molecule has 1 aromatic carbocycles. The van der Waals surface area contributed by atoms with Gasteiger partial charge in [-0.2, -0.15) is 0 Å². The highest BCUT2D eigenvalue weighted by Crippen LogP contribution is 2.36. The first-order valence-electron chi connectivity index (χ1n) is 8.81. The predicted molar refractivity (Wildman–Crippen MR) is 107 cm³/mol.